The molecule has 0 heterocycles. The van der Waals surface area contributed by atoms with Gasteiger partial charge in [0.15, 0.2) is 11.6 Å². The maximum absolute atomic E-state index is 13.4. The zero-order valence-corrected chi connectivity index (χ0v) is 13.0. The Morgan fingerprint density at radius 3 is 2.70 bits per heavy atom. The summed E-state index contributed by atoms with van der Waals surface area (Å²) in [5.74, 6) is -1.85. The van der Waals surface area contributed by atoms with Crippen LogP contribution in [-0.4, -0.2) is 19.2 Å². The molecule has 1 aromatic rings. The Morgan fingerprint density at radius 2 is 1.95 bits per heavy atom. The molecule has 0 aromatic heterocycles. The molecule has 1 aromatic carbocycles. The van der Waals surface area contributed by atoms with Gasteiger partial charge in [0.1, 0.15) is 0 Å². The molecule has 2 nitrogen and oxygen atoms in total. The largest absolute Gasteiger partial charge is 0.490 e. The van der Waals surface area contributed by atoms with Crippen LogP contribution >= 0.6 is 15.9 Å². The van der Waals surface area contributed by atoms with Crippen molar-refractivity contribution < 1.29 is 13.5 Å². The highest BCUT2D eigenvalue weighted by molar-refractivity contribution is 9.10. The first-order chi connectivity index (χ1) is 9.66. The predicted octanol–water partition coefficient (Wildman–Crippen LogP) is 4.42. The lowest BCUT2D eigenvalue weighted by molar-refractivity contribution is 0.280. The molecular weight excluding hydrogens is 328 g/mol. The van der Waals surface area contributed by atoms with E-state index in [0.717, 1.165) is 19.0 Å². The van der Waals surface area contributed by atoms with Gasteiger partial charge in [-0.3, -0.25) is 0 Å². The normalized spacial score (nSPS) is 16.4. The molecule has 1 fully saturated rings. The summed E-state index contributed by atoms with van der Waals surface area (Å²) >= 11 is 3.12. The second-order valence-corrected chi connectivity index (χ2v) is 6.11. The molecule has 1 aliphatic rings. The van der Waals surface area contributed by atoms with Crippen molar-refractivity contribution in [1.82, 2.24) is 5.32 Å². The lowest BCUT2D eigenvalue weighted by atomic mass is 9.95. The van der Waals surface area contributed by atoms with Gasteiger partial charge < -0.3 is 10.1 Å². The molecule has 0 radical (unpaired) electrons. The fourth-order valence-corrected chi connectivity index (χ4v) is 2.91. The summed E-state index contributed by atoms with van der Waals surface area (Å²) in [6.07, 6.45) is 7.21. The topological polar surface area (TPSA) is 21.3 Å². The third-order valence-corrected chi connectivity index (χ3v) is 4.03. The molecule has 0 atom stereocenters. The minimum atomic E-state index is -0.923. The van der Waals surface area contributed by atoms with Gasteiger partial charge in [-0.1, -0.05) is 35.2 Å². The van der Waals surface area contributed by atoms with Gasteiger partial charge in [0.05, 0.1) is 6.61 Å². The summed E-state index contributed by atoms with van der Waals surface area (Å²) in [5.41, 5.74) is 0. The van der Waals surface area contributed by atoms with Crippen molar-refractivity contribution in [2.24, 2.45) is 0 Å². The summed E-state index contributed by atoms with van der Waals surface area (Å²) in [6, 6.07) is 3.16. The van der Waals surface area contributed by atoms with Gasteiger partial charge in [-0.25, -0.2) is 4.39 Å². The maximum Gasteiger partial charge on any atom is 0.200 e. The zero-order chi connectivity index (χ0) is 14.4. The molecule has 5 heteroatoms. The van der Waals surface area contributed by atoms with Crippen LogP contribution in [0.5, 0.6) is 5.75 Å². The minimum absolute atomic E-state index is 0.0328. The van der Waals surface area contributed by atoms with E-state index in [9.17, 15) is 8.78 Å². The molecule has 2 rings (SSSR count). The van der Waals surface area contributed by atoms with E-state index in [1.165, 1.54) is 38.2 Å². The molecule has 0 unspecified atom stereocenters. The Morgan fingerprint density at radius 1 is 1.20 bits per heavy atom. The lowest BCUT2D eigenvalue weighted by Gasteiger charge is -2.22. The summed E-state index contributed by atoms with van der Waals surface area (Å²) in [5, 5.41) is 3.49. The van der Waals surface area contributed by atoms with E-state index in [1.54, 1.807) is 0 Å². The van der Waals surface area contributed by atoms with Crippen LogP contribution in [0.15, 0.2) is 16.6 Å². The Balaban J connectivity index is 1.68. The molecule has 20 heavy (non-hydrogen) atoms. The quantitative estimate of drug-likeness (QED) is 0.607. The number of benzene rings is 1. The van der Waals surface area contributed by atoms with E-state index < -0.39 is 11.6 Å². The van der Waals surface area contributed by atoms with Crippen LogP contribution in [0.2, 0.25) is 0 Å². The van der Waals surface area contributed by atoms with Gasteiger partial charge in [-0.15, -0.1) is 0 Å². The monoisotopic (exact) mass is 347 g/mol. The molecule has 0 aliphatic heterocycles. The second kappa shape index (κ2) is 7.93. The fourth-order valence-electron chi connectivity index (χ4n) is 2.50. The predicted molar refractivity (Wildman–Crippen MR) is 79.0 cm³/mol. The standard InChI is InChI=1S/C15H20BrF2NO/c16-11-9-13(17)15(18)14(10-11)20-8-4-7-19-12-5-2-1-3-6-12/h9-10,12,19H,1-8H2. The van der Waals surface area contributed by atoms with Gasteiger partial charge >= 0.3 is 0 Å². The summed E-state index contributed by atoms with van der Waals surface area (Å²) in [4.78, 5) is 0. The molecule has 0 saturated heterocycles. The lowest BCUT2D eigenvalue weighted by Crippen LogP contribution is -2.32. The van der Waals surface area contributed by atoms with Gasteiger partial charge in [-0.05, 0) is 37.9 Å². The summed E-state index contributed by atoms with van der Waals surface area (Å²) < 4.78 is 32.4. The first kappa shape index (κ1) is 15.7. The van der Waals surface area contributed by atoms with Crippen LogP contribution in [-0.2, 0) is 0 Å². The Hall–Kier alpha value is -0.680. The van der Waals surface area contributed by atoms with Crippen molar-refractivity contribution in [1.29, 1.82) is 0 Å². The highest BCUT2D eigenvalue weighted by Gasteiger charge is 2.13. The Bertz CT molecular complexity index is 436. The Labute approximate surface area is 127 Å². The van der Waals surface area contributed by atoms with E-state index in [2.05, 4.69) is 21.2 Å². The molecule has 1 saturated carbocycles. The SMILES string of the molecule is Fc1cc(Br)cc(OCCCNC2CCCCC2)c1F. The van der Waals surface area contributed by atoms with Crippen molar-refractivity contribution >= 4 is 15.9 Å². The molecule has 1 aliphatic carbocycles. The van der Waals surface area contributed by atoms with E-state index in [-0.39, 0.29) is 5.75 Å². The number of halogens is 3. The second-order valence-electron chi connectivity index (χ2n) is 5.19. The molecule has 0 amide bonds. The number of ether oxygens (including phenoxy) is 1. The van der Waals surface area contributed by atoms with Gasteiger partial charge in [0.25, 0.3) is 0 Å². The molecule has 0 bridgehead atoms. The number of rotatable bonds is 6. The fraction of sp³-hybridized carbons (Fsp3) is 0.600. The van der Waals surface area contributed by atoms with Gasteiger partial charge in [0.2, 0.25) is 5.82 Å². The number of hydrogen-bond acceptors (Lipinski definition) is 2. The smallest absolute Gasteiger partial charge is 0.200 e. The average Bonchev–Trinajstić information content (AvgIpc) is 2.44. The van der Waals surface area contributed by atoms with E-state index in [4.69, 9.17) is 4.74 Å². The molecule has 0 spiro atoms. The molecule has 1 N–H and O–H groups in total. The van der Waals surface area contributed by atoms with Crippen molar-refractivity contribution in [3.63, 3.8) is 0 Å². The van der Waals surface area contributed by atoms with Crippen LogP contribution in [0.25, 0.3) is 0 Å². The average molecular weight is 348 g/mol. The highest BCUT2D eigenvalue weighted by Crippen LogP contribution is 2.25. The third kappa shape index (κ3) is 4.70. The third-order valence-electron chi connectivity index (χ3n) is 3.58. The van der Waals surface area contributed by atoms with E-state index in [1.807, 2.05) is 0 Å². The minimum Gasteiger partial charge on any atom is -0.490 e. The maximum atomic E-state index is 13.4. The van der Waals surface area contributed by atoms with Crippen LogP contribution < -0.4 is 10.1 Å². The highest BCUT2D eigenvalue weighted by atomic mass is 79.9. The summed E-state index contributed by atoms with van der Waals surface area (Å²) in [6.45, 7) is 1.23. The molecular formula is C15H20BrF2NO. The van der Waals surface area contributed by atoms with Crippen LogP contribution in [0.1, 0.15) is 38.5 Å². The number of nitrogens with one attached hydrogen (secondary N) is 1. The molecule has 112 valence electrons. The first-order valence-electron chi connectivity index (χ1n) is 7.17. The van der Waals surface area contributed by atoms with Gasteiger partial charge in [0, 0.05) is 10.5 Å². The van der Waals surface area contributed by atoms with Gasteiger partial charge in [-0.2, -0.15) is 4.39 Å². The Kier molecular flexibility index (Phi) is 6.23. The van der Waals surface area contributed by atoms with Crippen LogP contribution in [0, 0.1) is 11.6 Å². The van der Waals surface area contributed by atoms with Crippen LogP contribution in [0.4, 0.5) is 8.78 Å². The van der Waals surface area contributed by atoms with E-state index in [0.29, 0.717) is 17.1 Å². The summed E-state index contributed by atoms with van der Waals surface area (Å²) in [7, 11) is 0. The van der Waals surface area contributed by atoms with Crippen molar-refractivity contribution in [2.75, 3.05) is 13.2 Å². The van der Waals surface area contributed by atoms with Crippen molar-refractivity contribution in [2.45, 2.75) is 44.6 Å². The number of hydrogen-bond donors (Lipinski definition) is 1. The van der Waals surface area contributed by atoms with Crippen molar-refractivity contribution in [3.05, 3.63) is 28.2 Å². The first-order valence-corrected chi connectivity index (χ1v) is 7.97. The van der Waals surface area contributed by atoms with Crippen LogP contribution in [0.3, 0.4) is 0 Å². The van der Waals surface area contributed by atoms with E-state index >= 15 is 0 Å². The zero-order valence-electron chi connectivity index (χ0n) is 11.4. The van der Waals surface area contributed by atoms with Crippen molar-refractivity contribution in [3.8, 4) is 5.75 Å².